The maximum Gasteiger partial charge on any atom is 0.271 e. The van der Waals surface area contributed by atoms with Gasteiger partial charge in [0, 0.05) is 12.7 Å². The fraction of sp³-hybridized carbons (Fsp3) is 0.263. The van der Waals surface area contributed by atoms with Gasteiger partial charge in [-0.25, -0.2) is 4.68 Å². The van der Waals surface area contributed by atoms with E-state index >= 15 is 0 Å². The van der Waals surface area contributed by atoms with Crippen LogP contribution in [0.5, 0.6) is 0 Å². The number of hydrogen-bond donors (Lipinski definition) is 1. The quantitative estimate of drug-likeness (QED) is 0.698. The second-order valence-corrected chi connectivity index (χ2v) is 7.27. The first-order valence-corrected chi connectivity index (χ1v) is 8.46. The van der Waals surface area contributed by atoms with Gasteiger partial charge in [-0.1, -0.05) is 20.8 Å². The Bertz CT molecular complexity index is 943. The molecule has 1 N–H and O–H groups in total. The lowest BCUT2D eigenvalue weighted by Gasteiger charge is -2.18. The van der Waals surface area contributed by atoms with E-state index in [0.717, 1.165) is 0 Å². The van der Waals surface area contributed by atoms with Crippen LogP contribution in [0.3, 0.4) is 0 Å². The maximum atomic E-state index is 12.5. The molecule has 0 bridgehead atoms. The maximum absolute atomic E-state index is 12.5. The first kappa shape index (κ1) is 18.4. The average Bonchev–Trinajstić information content (AvgIpc) is 3.12. The third-order valence-electron chi connectivity index (χ3n) is 3.73. The lowest BCUT2D eigenvalue weighted by Crippen LogP contribution is -2.32. The van der Waals surface area contributed by atoms with Crippen molar-refractivity contribution in [2.24, 2.45) is 10.6 Å². The zero-order valence-corrected chi connectivity index (χ0v) is 15.4. The monoisotopic (exact) mass is 364 g/mol. The van der Waals surface area contributed by atoms with Gasteiger partial charge in [-0.2, -0.15) is 5.10 Å². The molecule has 3 aromatic heterocycles. The number of carbonyl (C=O) groups is 1. The van der Waals surface area contributed by atoms with E-state index in [9.17, 15) is 9.70 Å². The van der Waals surface area contributed by atoms with Crippen LogP contribution in [0.2, 0.25) is 0 Å². The van der Waals surface area contributed by atoms with Gasteiger partial charge in [0.15, 0.2) is 5.69 Å². The summed E-state index contributed by atoms with van der Waals surface area (Å²) in [4.78, 5) is 31.5. The minimum Gasteiger partial charge on any atom is -0.350 e. The van der Waals surface area contributed by atoms with E-state index in [1.165, 1.54) is 6.20 Å². The molecule has 138 valence electrons. The van der Waals surface area contributed by atoms with Crippen LogP contribution in [0.15, 0.2) is 54.1 Å². The van der Waals surface area contributed by atoms with E-state index in [1.807, 2.05) is 26.8 Å². The highest BCUT2D eigenvalue weighted by atomic mass is 16.3. The zero-order valence-electron chi connectivity index (χ0n) is 15.4. The second-order valence-electron chi connectivity index (χ2n) is 7.27. The molecule has 0 atom stereocenters. The Morgan fingerprint density at radius 2 is 2.04 bits per heavy atom. The Balaban J connectivity index is 2.01. The van der Waals surface area contributed by atoms with Gasteiger partial charge in [-0.15, -0.1) is 4.91 Å². The number of aromatic nitrogens is 4. The van der Waals surface area contributed by atoms with E-state index in [-0.39, 0.29) is 22.7 Å². The van der Waals surface area contributed by atoms with Crippen molar-refractivity contribution in [3.05, 3.63) is 59.5 Å². The fourth-order valence-electron chi connectivity index (χ4n) is 2.38. The molecule has 0 unspecified atom stereocenters. The Morgan fingerprint density at radius 3 is 2.63 bits per heavy atom. The summed E-state index contributed by atoms with van der Waals surface area (Å²) < 4.78 is 1.61. The topological polar surface area (TPSA) is 102 Å². The second kappa shape index (κ2) is 7.45. The van der Waals surface area contributed by atoms with E-state index in [2.05, 4.69) is 25.6 Å². The van der Waals surface area contributed by atoms with Crippen molar-refractivity contribution in [1.29, 1.82) is 0 Å². The minimum absolute atomic E-state index is 0.0381. The van der Waals surface area contributed by atoms with Gasteiger partial charge in [0.1, 0.15) is 5.69 Å². The predicted octanol–water partition coefficient (Wildman–Crippen LogP) is 3.50. The molecule has 0 aromatic carbocycles. The summed E-state index contributed by atoms with van der Waals surface area (Å²) in [7, 11) is 0. The Kier molecular flexibility index (Phi) is 5.07. The van der Waals surface area contributed by atoms with Gasteiger partial charge in [-0.3, -0.25) is 14.8 Å². The van der Waals surface area contributed by atoms with Gasteiger partial charge in [0.25, 0.3) is 5.91 Å². The summed E-state index contributed by atoms with van der Waals surface area (Å²) in [6, 6.07) is 8.52. The van der Waals surface area contributed by atoms with Crippen molar-refractivity contribution in [3.8, 4) is 17.1 Å². The van der Waals surface area contributed by atoms with E-state index < -0.39 is 0 Å². The van der Waals surface area contributed by atoms with Crippen LogP contribution in [0.4, 0.5) is 5.69 Å². The van der Waals surface area contributed by atoms with Crippen molar-refractivity contribution >= 4 is 11.6 Å². The molecule has 3 rings (SSSR count). The van der Waals surface area contributed by atoms with E-state index in [0.29, 0.717) is 23.6 Å². The van der Waals surface area contributed by atoms with Gasteiger partial charge in [0.05, 0.1) is 29.5 Å². The third kappa shape index (κ3) is 4.41. The fourth-order valence-corrected chi connectivity index (χ4v) is 2.38. The van der Waals surface area contributed by atoms with Crippen LogP contribution < -0.4 is 5.32 Å². The predicted molar refractivity (Wildman–Crippen MR) is 102 cm³/mol. The Morgan fingerprint density at radius 1 is 1.22 bits per heavy atom. The molecule has 0 radical (unpaired) electrons. The summed E-state index contributed by atoms with van der Waals surface area (Å²) >= 11 is 0. The molecule has 0 spiro atoms. The van der Waals surface area contributed by atoms with Crippen molar-refractivity contribution in [1.82, 2.24) is 25.1 Å². The Hall–Kier alpha value is -3.42. The molecular formula is C19H20N6O2. The highest BCUT2D eigenvalue weighted by molar-refractivity contribution is 5.93. The smallest absolute Gasteiger partial charge is 0.271 e. The summed E-state index contributed by atoms with van der Waals surface area (Å²) in [5.74, 6) is -0.264. The SMILES string of the molecule is CC(C)(C)CNC(=O)c1cc(-c2ccc(N=O)cn2)n(-c2cccnc2)n1. The number of rotatable bonds is 5. The molecule has 0 saturated carbocycles. The van der Waals surface area contributed by atoms with Gasteiger partial charge in [-0.05, 0) is 40.9 Å². The van der Waals surface area contributed by atoms with Gasteiger partial charge in [0.2, 0.25) is 0 Å². The molecule has 0 saturated heterocycles. The molecule has 8 nitrogen and oxygen atoms in total. The number of carbonyl (C=O) groups excluding carboxylic acids is 1. The minimum atomic E-state index is -0.264. The number of hydrogen-bond acceptors (Lipinski definition) is 6. The van der Waals surface area contributed by atoms with Gasteiger partial charge >= 0.3 is 0 Å². The first-order chi connectivity index (χ1) is 12.9. The average molecular weight is 364 g/mol. The van der Waals surface area contributed by atoms with Crippen LogP contribution in [0.1, 0.15) is 31.3 Å². The molecule has 0 aliphatic rings. The molecular weight excluding hydrogens is 344 g/mol. The first-order valence-electron chi connectivity index (χ1n) is 8.46. The van der Waals surface area contributed by atoms with Crippen LogP contribution in [0, 0.1) is 10.3 Å². The summed E-state index contributed by atoms with van der Waals surface area (Å²) in [5.41, 5.74) is 2.34. The molecule has 3 aromatic rings. The lowest BCUT2D eigenvalue weighted by atomic mass is 9.97. The van der Waals surface area contributed by atoms with Crippen LogP contribution in [-0.2, 0) is 0 Å². The molecule has 27 heavy (non-hydrogen) atoms. The van der Waals surface area contributed by atoms with Crippen molar-refractivity contribution in [3.63, 3.8) is 0 Å². The third-order valence-corrected chi connectivity index (χ3v) is 3.73. The molecule has 0 aliphatic carbocycles. The van der Waals surface area contributed by atoms with Crippen molar-refractivity contribution in [2.75, 3.05) is 6.54 Å². The summed E-state index contributed by atoms with van der Waals surface area (Å²) in [6.07, 6.45) is 4.68. The molecule has 0 fully saturated rings. The van der Waals surface area contributed by atoms with Crippen LogP contribution >= 0.6 is 0 Å². The number of nitrogens with one attached hydrogen (secondary N) is 1. The van der Waals surface area contributed by atoms with E-state index in [4.69, 9.17) is 0 Å². The lowest BCUT2D eigenvalue weighted by molar-refractivity contribution is 0.0934. The van der Waals surface area contributed by atoms with E-state index in [1.54, 1.807) is 41.3 Å². The largest absolute Gasteiger partial charge is 0.350 e. The standard InChI is InChI=1S/C19H20N6O2/c1-19(2,3)12-22-18(26)16-9-17(15-7-6-13(24-27)10-21-15)25(23-16)14-5-4-8-20-11-14/h4-11H,12H2,1-3H3,(H,22,26). The molecule has 3 heterocycles. The normalized spacial score (nSPS) is 11.2. The molecule has 8 heteroatoms. The zero-order chi connectivity index (χ0) is 19.4. The van der Waals surface area contributed by atoms with Crippen molar-refractivity contribution < 1.29 is 4.79 Å². The highest BCUT2D eigenvalue weighted by Crippen LogP contribution is 2.24. The van der Waals surface area contributed by atoms with Gasteiger partial charge < -0.3 is 5.32 Å². The number of nitroso groups, excluding NO2 is 1. The van der Waals surface area contributed by atoms with Crippen molar-refractivity contribution in [2.45, 2.75) is 20.8 Å². The number of nitrogens with zero attached hydrogens (tertiary/aromatic N) is 5. The number of pyridine rings is 2. The van der Waals surface area contributed by atoms with Crippen LogP contribution in [-0.4, -0.2) is 32.2 Å². The molecule has 0 aliphatic heterocycles. The molecule has 1 amide bonds. The Labute approximate surface area is 156 Å². The summed E-state index contributed by atoms with van der Waals surface area (Å²) in [5, 5.41) is 10.2. The van der Waals surface area contributed by atoms with Crippen LogP contribution in [0.25, 0.3) is 17.1 Å². The highest BCUT2D eigenvalue weighted by Gasteiger charge is 2.19. The number of amides is 1. The summed E-state index contributed by atoms with van der Waals surface area (Å²) in [6.45, 7) is 6.65.